The summed E-state index contributed by atoms with van der Waals surface area (Å²) in [5.74, 6) is 0.491. The monoisotopic (exact) mass is 329 g/mol. The van der Waals surface area contributed by atoms with Crippen LogP contribution < -0.4 is 10.5 Å². The molecule has 106 valence electrons. The molecule has 8 heteroatoms. The van der Waals surface area contributed by atoms with E-state index in [0.29, 0.717) is 16.1 Å². The number of nitrogens with zero attached hydrogens (tertiary/aromatic N) is 1. The summed E-state index contributed by atoms with van der Waals surface area (Å²) in [5, 5.41) is 2.65. The molecule has 1 saturated carbocycles. The second kappa shape index (κ2) is 4.91. The van der Waals surface area contributed by atoms with Crippen molar-refractivity contribution in [1.29, 1.82) is 0 Å². The Labute approximate surface area is 125 Å². The van der Waals surface area contributed by atoms with E-state index in [0.717, 1.165) is 18.5 Å². The smallest absolute Gasteiger partial charge is 0.265 e. The third-order valence-corrected chi connectivity index (χ3v) is 5.55. The topological polar surface area (TPSA) is 85.1 Å². The summed E-state index contributed by atoms with van der Waals surface area (Å²) >= 11 is 7.05. The first-order chi connectivity index (χ1) is 9.45. The van der Waals surface area contributed by atoms with Crippen LogP contribution in [0.2, 0.25) is 5.02 Å². The Morgan fingerprint density at radius 1 is 1.40 bits per heavy atom. The molecule has 1 aromatic carbocycles. The van der Waals surface area contributed by atoms with Crippen LogP contribution in [0.1, 0.15) is 24.5 Å². The van der Waals surface area contributed by atoms with Crippen LogP contribution in [0.5, 0.6) is 0 Å². The summed E-state index contributed by atoms with van der Waals surface area (Å²) in [6.45, 7) is 0. The van der Waals surface area contributed by atoms with Gasteiger partial charge in [-0.2, -0.15) is 0 Å². The van der Waals surface area contributed by atoms with Crippen LogP contribution in [0.3, 0.4) is 0 Å². The van der Waals surface area contributed by atoms with Crippen molar-refractivity contribution in [3.63, 3.8) is 0 Å². The van der Waals surface area contributed by atoms with Gasteiger partial charge in [-0.1, -0.05) is 11.6 Å². The van der Waals surface area contributed by atoms with Crippen molar-refractivity contribution in [2.45, 2.75) is 23.7 Å². The number of hydrogen-bond donors (Lipinski definition) is 2. The first kappa shape index (κ1) is 13.7. The average Bonchev–Trinajstić information content (AvgIpc) is 3.10. The highest BCUT2D eigenvalue weighted by Crippen LogP contribution is 2.41. The average molecular weight is 330 g/mol. The molecule has 0 radical (unpaired) electrons. The van der Waals surface area contributed by atoms with Gasteiger partial charge in [-0.05, 0) is 31.0 Å². The Morgan fingerprint density at radius 3 is 2.80 bits per heavy atom. The molecular weight excluding hydrogens is 318 g/mol. The number of hydrogen-bond acceptors (Lipinski definition) is 5. The Balaban J connectivity index is 1.87. The van der Waals surface area contributed by atoms with E-state index in [-0.39, 0.29) is 10.6 Å². The van der Waals surface area contributed by atoms with Crippen molar-refractivity contribution < 1.29 is 8.42 Å². The van der Waals surface area contributed by atoms with Crippen molar-refractivity contribution in [2.24, 2.45) is 0 Å². The molecule has 0 aliphatic heterocycles. The molecular formula is C12H12ClN3O2S2. The molecule has 0 bridgehead atoms. The number of benzene rings is 1. The zero-order valence-corrected chi connectivity index (χ0v) is 12.7. The number of halogens is 1. The SMILES string of the molecule is Nc1cc(Cl)ccc1S(=O)(=O)Nc1nc(C2CC2)cs1. The van der Waals surface area contributed by atoms with Gasteiger partial charge >= 0.3 is 0 Å². The normalized spacial score (nSPS) is 15.2. The van der Waals surface area contributed by atoms with Crippen LogP contribution in [-0.4, -0.2) is 13.4 Å². The number of nitrogens with one attached hydrogen (secondary N) is 1. The van der Waals surface area contributed by atoms with Crippen molar-refractivity contribution >= 4 is 43.8 Å². The molecule has 0 amide bonds. The summed E-state index contributed by atoms with van der Waals surface area (Å²) in [6, 6.07) is 4.28. The van der Waals surface area contributed by atoms with Gasteiger partial charge in [0.2, 0.25) is 0 Å². The molecule has 20 heavy (non-hydrogen) atoms. The number of sulfonamides is 1. The van der Waals surface area contributed by atoms with Crippen molar-refractivity contribution in [1.82, 2.24) is 4.98 Å². The lowest BCUT2D eigenvalue weighted by Gasteiger charge is -2.08. The number of aromatic nitrogens is 1. The van der Waals surface area contributed by atoms with E-state index < -0.39 is 10.0 Å². The number of nitrogen functional groups attached to an aromatic ring is 1. The minimum absolute atomic E-state index is 0.00470. The first-order valence-electron chi connectivity index (χ1n) is 5.99. The number of thiazole rings is 1. The fraction of sp³-hybridized carbons (Fsp3) is 0.250. The van der Waals surface area contributed by atoms with E-state index in [1.807, 2.05) is 5.38 Å². The molecule has 1 fully saturated rings. The van der Waals surface area contributed by atoms with Crippen LogP contribution in [0.4, 0.5) is 10.8 Å². The third kappa shape index (κ3) is 2.74. The van der Waals surface area contributed by atoms with Gasteiger partial charge in [0, 0.05) is 16.3 Å². The quantitative estimate of drug-likeness (QED) is 0.844. The van der Waals surface area contributed by atoms with Gasteiger partial charge in [0.25, 0.3) is 10.0 Å². The maximum absolute atomic E-state index is 12.3. The van der Waals surface area contributed by atoms with E-state index in [2.05, 4.69) is 9.71 Å². The Kier molecular flexibility index (Phi) is 3.35. The van der Waals surface area contributed by atoms with Crippen LogP contribution in [0.15, 0.2) is 28.5 Å². The van der Waals surface area contributed by atoms with Crippen LogP contribution in [-0.2, 0) is 10.0 Å². The van der Waals surface area contributed by atoms with Gasteiger partial charge in [0.1, 0.15) is 4.90 Å². The molecule has 1 aromatic heterocycles. The lowest BCUT2D eigenvalue weighted by Crippen LogP contribution is -2.14. The minimum atomic E-state index is -3.74. The summed E-state index contributed by atoms with van der Waals surface area (Å²) in [6.07, 6.45) is 2.25. The molecule has 2 aromatic rings. The highest BCUT2D eigenvalue weighted by Gasteiger charge is 2.27. The van der Waals surface area contributed by atoms with E-state index in [1.54, 1.807) is 0 Å². The Hall–Kier alpha value is -1.31. The molecule has 1 heterocycles. The zero-order chi connectivity index (χ0) is 14.3. The lowest BCUT2D eigenvalue weighted by atomic mass is 10.3. The maximum Gasteiger partial charge on any atom is 0.265 e. The molecule has 3 rings (SSSR count). The minimum Gasteiger partial charge on any atom is -0.398 e. The highest BCUT2D eigenvalue weighted by molar-refractivity contribution is 7.93. The maximum atomic E-state index is 12.3. The summed E-state index contributed by atoms with van der Waals surface area (Å²) in [7, 11) is -3.74. The molecule has 0 unspecified atom stereocenters. The number of rotatable bonds is 4. The lowest BCUT2D eigenvalue weighted by molar-refractivity contribution is 0.601. The molecule has 0 saturated heterocycles. The second-order valence-electron chi connectivity index (χ2n) is 4.64. The van der Waals surface area contributed by atoms with Gasteiger partial charge in [-0.3, -0.25) is 4.72 Å². The third-order valence-electron chi connectivity index (χ3n) is 3.00. The highest BCUT2D eigenvalue weighted by atomic mass is 35.5. The molecule has 1 aliphatic rings. The number of nitrogens with two attached hydrogens (primary N) is 1. The summed E-state index contributed by atoms with van der Waals surface area (Å²) in [4.78, 5) is 4.30. The molecule has 0 spiro atoms. The molecule has 3 N–H and O–H groups in total. The predicted molar refractivity (Wildman–Crippen MR) is 80.8 cm³/mol. The van der Waals surface area contributed by atoms with E-state index in [9.17, 15) is 8.42 Å². The fourth-order valence-corrected chi connectivity index (χ4v) is 4.17. The number of anilines is 2. The van der Waals surface area contributed by atoms with E-state index in [1.165, 1.54) is 29.5 Å². The summed E-state index contributed by atoms with van der Waals surface area (Å²) < 4.78 is 27.0. The second-order valence-corrected chi connectivity index (χ2v) is 7.58. The molecule has 1 aliphatic carbocycles. The van der Waals surface area contributed by atoms with Gasteiger partial charge in [-0.15, -0.1) is 11.3 Å². The van der Waals surface area contributed by atoms with E-state index in [4.69, 9.17) is 17.3 Å². The van der Waals surface area contributed by atoms with Crippen LogP contribution in [0.25, 0.3) is 0 Å². The van der Waals surface area contributed by atoms with Gasteiger partial charge in [0.05, 0.1) is 11.4 Å². The molecule has 5 nitrogen and oxygen atoms in total. The standard InChI is InChI=1S/C12H12ClN3O2S2/c13-8-3-4-11(9(14)5-8)20(17,18)16-12-15-10(6-19-12)7-1-2-7/h3-7H,1-2,14H2,(H,15,16). The van der Waals surface area contributed by atoms with Crippen molar-refractivity contribution in [3.8, 4) is 0 Å². The van der Waals surface area contributed by atoms with Crippen molar-refractivity contribution in [2.75, 3.05) is 10.5 Å². The largest absolute Gasteiger partial charge is 0.398 e. The van der Waals surface area contributed by atoms with Crippen LogP contribution >= 0.6 is 22.9 Å². The Morgan fingerprint density at radius 2 is 2.15 bits per heavy atom. The predicted octanol–water partition coefficient (Wildman–Crippen LogP) is 3.06. The van der Waals surface area contributed by atoms with Gasteiger partial charge < -0.3 is 5.73 Å². The van der Waals surface area contributed by atoms with Gasteiger partial charge in [-0.25, -0.2) is 13.4 Å². The zero-order valence-electron chi connectivity index (χ0n) is 10.3. The Bertz CT molecular complexity index is 754. The first-order valence-corrected chi connectivity index (χ1v) is 8.73. The van der Waals surface area contributed by atoms with Crippen LogP contribution in [0, 0.1) is 0 Å². The molecule has 0 atom stereocenters. The van der Waals surface area contributed by atoms with Gasteiger partial charge in [0.15, 0.2) is 5.13 Å². The van der Waals surface area contributed by atoms with Crippen molar-refractivity contribution in [3.05, 3.63) is 34.3 Å². The summed E-state index contributed by atoms with van der Waals surface area (Å²) in [5.41, 5.74) is 6.77. The van der Waals surface area contributed by atoms with E-state index >= 15 is 0 Å². The fourth-order valence-electron chi connectivity index (χ4n) is 1.83.